The van der Waals surface area contributed by atoms with E-state index in [1.807, 2.05) is 0 Å². The molecule has 0 saturated heterocycles. The number of hydrogen-bond donors (Lipinski definition) is 0. The Morgan fingerprint density at radius 3 is 2.35 bits per heavy atom. The lowest BCUT2D eigenvalue weighted by Gasteiger charge is -2.14. The third-order valence-corrected chi connectivity index (χ3v) is 2.10. The smallest absolute Gasteiger partial charge is 0.384 e. The van der Waals surface area contributed by atoms with E-state index < -0.39 is 10.3 Å². The SMILES string of the molecule is CC(C)(Br)C(=O)OCCCOC(=O)C#CCBr. The van der Waals surface area contributed by atoms with Crippen LogP contribution < -0.4 is 0 Å². The molecule has 6 heteroatoms. The van der Waals surface area contributed by atoms with Gasteiger partial charge in [-0.25, -0.2) is 4.79 Å². The van der Waals surface area contributed by atoms with Gasteiger partial charge in [0.15, 0.2) is 0 Å². The van der Waals surface area contributed by atoms with Crippen LogP contribution in [0.3, 0.4) is 0 Å². The van der Waals surface area contributed by atoms with Crippen LogP contribution in [0.1, 0.15) is 20.3 Å². The molecule has 0 aromatic rings. The molecule has 96 valence electrons. The quantitative estimate of drug-likeness (QED) is 0.244. The number of hydrogen-bond acceptors (Lipinski definition) is 4. The summed E-state index contributed by atoms with van der Waals surface area (Å²) in [7, 11) is 0. The van der Waals surface area contributed by atoms with Crippen LogP contribution in [0.5, 0.6) is 0 Å². The summed E-state index contributed by atoms with van der Waals surface area (Å²) in [5.41, 5.74) is 0. The molecule has 0 amide bonds. The lowest BCUT2D eigenvalue weighted by atomic mass is 10.2. The predicted octanol–water partition coefficient (Wildman–Crippen LogP) is 2.03. The normalized spacial score (nSPS) is 10.1. The Morgan fingerprint density at radius 1 is 1.24 bits per heavy atom. The van der Waals surface area contributed by atoms with E-state index in [1.165, 1.54) is 0 Å². The van der Waals surface area contributed by atoms with Crippen molar-refractivity contribution in [3.8, 4) is 11.8 Å². The highest BCUT2D eigenvalue weighted by Gasteiger charge is 2.24. The molecule has 0 N–H and O–H groups in total. The molecule has 0 unspecified atom stereocenters. The topological polar surface area (TPSA) is 52.6 Å². The van der Waals surface area contributed by atoms with Crippen molar-refractivity contribution in [3.05, 3.63) is 0 Å². The molecule has 0 heterocycles. The van der Waals surface area contributed by atoms with Gasteiger partial charge in [-0.05, 0) is 13.8 Å². The fourth-order valence-corrected chi connectivity index (χ4v) is 0.957. The number of carbonyl (C=O) groups excluding carboxylic acids is 2. The molecule has 0 aliphatic carbocycles. The van der Waals surface area contributed by atoms with E-state index in [4.69, 9.17) is 9.47 Å². The van der Waals surface area contributed by atoms with E-state index >= 15 is 0 Å². The second kappa shape index (κ2) is 8.54. The largest absolute Gasteiger partial charge is 0.465 e. The van der Waals surface area contributed by atoms with Crippen molar-refractivity contribution >= 4 is 43.8 Å². The van der Waals surface area contributed by atoms with Crippen LogP contribution in [0.25, 0.3) is 0 Å². The molecule has 0 aliphatic heterocycles. The zero-order valence-electron chi connectivity index (χ0n) is 9.72. The summed E-state index contributed by atoms with van der Waals surface area (Å²) >= 11 is 6.24. The third kappa shape index (κ3) is 9.19. The number of rotatable bonds is 5. The predicted molar refractivity (Wildman–Crippen MR) is 71.1 cm³/mol. The van der Waals surface area contributed by atoms with E-state index in [2.05, 4.69) is 43.7 Å². The van der Waals surface area contributed by atoms with E-state index in [1.54, 1.807) is 13.8 Å². The number of halogens is 2. The van der Waals surface area contributed by atoms with Gasteiger partial charge >= 0.3 is 11.9 Å². The molecule has 0 fully saturated rings. The molecule has 0 bridgehead atoms. The van der Waals surface area contributed by atoms with E-state index in [-0.39, 0.29) is 19.2 Å². The minimum Gasteiger partial charge on any atom is -0.465 e. The Bertz CT molecular complexity index is 323. The summed E-state index contributed by atoms with van der Waals surface area (Å²) in [6, 6.07) is 0. The van der Waals surface area contributed by atoms with Crippen molar-refractivity contribution in [2.45, 2.75) is 24.6 Å². The van der Waals surface area contributed by atoms with Gasteiger partial charge in [-0.3, -0.25) is 4.79 Å². The number of alkyl halides is 2. The highest BCUT2D eigenvalue weighted by Crippen LogP contribution is 2.17. The first-order valence-electron chi connectivity index (χ1n) is 4.95. The molecule has 0 radical (unpaired) electrons. The summed E-state index contributed by atoms with van der Waals surface area (Å²) < 4.78 is 9.03. The first-order valence-corrected chi connectivity index (χ1v) is 6.87. The lowest BCUT2D eigenvalue weighted by Crippen LogP contribution is -2.27. The van der Waals surface area contributed by atoms with E-state index in [9.17, 15) is 9.59 Å². The lowest BCUT2D eigenvalue weighted by molar-refractivity contribution is -0.146. The Kier molecular flexibility index (Phi) is 8.26. The molecular weight excluding hydrogens is 356 g/mol. The van der Waals surface area contributed by atoms with Crippen molar-refractivity contribution in [2.24, 2.45) is 0 Å². The maximum atomic E-state index is 11.3. The van der Waals surface area contributed by atoms with Crippen molar-refractivity contribution in [1.82, 2.24) is 0 Å². The van der Waals surface area contributed by atoms with Crippen LogP contribution in [-0.2, 0) is 19.1 Å². The van der Waals surface area contributed by atoms with Crippen molar-refractivity contribution in [3.63, 3.8) is 0 Å². The first kappa shape index (κ1) is 16.5. The summed E-state index contributed by atoms with van der Waals surface area (Å²) in [5.74, 6) is 3.89. The first-order chi connectivity index (χ1) is 7.88. The molecule has 17 heavy (non-hydrogen) atoms. The average molecular weight is 370 g/mol. The Morgan fingerprint density at radius 2 is 1.82 bits per heavy atom. The van der Waals surface area contributed by atoms with Crippen LogP contribution >= 0.6 is 31.9 Å². The van der Waals surface area contributed by atoms with Crippen LogP contribution in [0.15, 0.2) is 0 Å². The minimum absolute atomic E-state index is 0.186. The second-order valence-corrected chi connectivity index (χ2v) is 6.08. The van der Waals surface area contributed by atoms with Crippen molar-refractivity contribution < 1.29 is 19.1 Å². The summed E-state index contributed by atoms with van der Waals surface area (Å²) in [6.07, 6.45) is 0.455. The zero-order chi connectivity index (χ0) is 13.3. The van der Waals surface area contributed by atoms with Gasteiger partial charge in [0.25, 0.3) is 0 Å². The van der Waals surface area contributed by atoms with Crippen LogP contribution in [0.4, 0.5) is 0 Å². The Hall–Kier alpha value is -0.540. The van der Waals surface area contributed by atoms with Crippen LogP contribution in [0.2, 0.25) is 0 Å². The third-order valence-electron chi connectivity index (χ3n) is 1.50. The Labute approximate surface area is 118 Å². The standard InChI is InChI=1S/C11H14Br2O4/c1-11(2,13)10(15)17-8-4-7-16-9(14)5-3-6-12/h4,6-8H2,1-2H3. The van der Waals surface area contributed by atoms with Gasteiger partial charge in [0.1, 0.15) is 4.32 Å². The molecule has 0 aromatic carbocycles. The molecule has 0 saturated carbocycles. The monoisotopic (exact) mass is 368 g/mol. The van der Waals surface area contributed by atoms with Crippen molar-refractivity contribution in [2.75, 3.05) is 18.5 Å². The summed E-state index contributed by atoms with van der Waals surface area (Å²) in [5, 5.41) is 0.431. The molecule has 4 nitrogen and oxygen atoms in total. The van der Waals surface area contributed by atoms with E-state index in [0.717, 1.165) is 0 Å². The maximum absolute atomic E-state index is 11.3. The number of ether oxygens (including phenoxy) is 2. The van der Waals surface area contributed by atoms with Gasteiger partial charge in [-0.15, -0.1) is 0 Å². The number of esters is 2. The van der Waals surface area contributed by atoms with Crippen LogP contribution in [-0.4, -0.2) is 34.8 Å². The molecule has 0 rings (SSSR count). The molecule has 0 aliphatic rings. The van der Waals surface area contributed by atoms with Crippen LogP contribution in [0, 0.1) is 11.8 Å². The fourth-order valence-electron chi connectivity index (χ4n) is 0.702. The van der Waals surface area contributed by atoms with Gasteiger partial charge in [-0.1, -0.05) is 37.8 Å². The molecule has 0 aromatic heterocycles. The summed E-state index contributed by atoms with van der Waals surface area (Å²) in [6.45, 7) is 3.80. The zero-order valence-corrected chi connectivity index (χ0v) is 12.9. The molecule has 0 spiro atoms. The molecule has 0 atom stereocenters. The van der Waals surface area contributed by atoms with Gasteiger partial charge in [0.05, 0.1) is 18.5 Å². The Balaban J connectivity index is 3.60. The average Bonchev–Trinajstić information content (AvgIpc) is 2.24. The fraction of sp³-hybridized carbons (Fsp3) is 0.636. The van der Waals surface area contributed by atoms with Gasteiger partial charge < -0.3 is 9.47 Å². The highest BCUT2D eigenvalue weighted by molar-refractivity contribution is 9.10. The maximum Gasteiger partial charge on any atom is 0.384 e. The molecular formula is C11H14Br2O4. The van der Waals surface area contributed by atoms with E-state index in [0.29, 0.717) is 11.8 Å². The van der Waals surface area contributed by atoms with Crippen molar-refractivity contribution in [1.29, 1.82) is 0 Å². The second-order valence-electron chi connectivity index (χ2n) is 3.53. The minimum atomic E-state index is -0.689. The van der Waals surface area contributed by atoms with Gasteiger partial charge in [0.2, 0.25) is 0 Å². The summed E-state index contributed by atoms with van der Waals surface area (Å²) in [4.78, 5) is 22.2. The highest BCUT2D eigenvalue weighted by atomic mass is 79.9. The number of carbonyl (C=O) groups is 2. The van der Waals surface area contributed by atoms with Gasteiger partial charge in [-0.2, -0.15) is 0 Å². The van der Waals surface area contributed by atoms with Gasteiger partial charge in [0, 0.05) is 12.3 Å².